The highest BCUT2D eigenvalue weighted by Gasteiger charge is 2.24. The molecule has 0 fully saturated rings. The fraction of sp³-hybridized carbons (Fsp3) is 0.824. The normalized spacial score (nSPS) is 12.6. The Bertz CT molecular complexity index is 364. The van der Waals surface area contributed by atoms with Crippen molar-refractivity contribution in [2.24, 2.45) is 11.8 Å². The number of nitrogens with one attached hydrogen (secondary N) is 1. The number of carbonyl (C=O) groups is 3. The van der Waals surface area contributed by atoms with Gasteiger partial charge in [-0.3, -0.25) is 14.4 Å². The third-order valence-corrected chi connectivity index (χ3v) is 3.60. The van der Waals surface area contributed by atoms with Crippen LogP contribution in [0.4, 0.5) is 0 Å². The minimum absolute atomic E-state index is 0.0297. The molecule has 0 aliphatic heterocycles. The minimum Gasteiger partial charge on any atom is -0.481 e. The Morgan fingerprint density at radius 3 is 2.09 bits per heavy atom. The van der Waals surface area contributed by atoms with Gasteiger partial charge in [-0.1, -0.05) is 34.1 Å². The molecule has 0 heterocycles. The van der Waals surface area contributed by atoms with Gasteiger partial charge in [0.05, 0.1) is 5.92 Å². The van der Waals surface area contributed by atoms with E-state index in [-0.39, 0.29) is 30.3 Å². The Morgan fingerprint density at radius 1 is 0.955 bits per heavy atom. The second-order valence-corrected chi connectivity index (χ2v) is 6.52. The number of ketones is 2. The number of unbranched alkanes of at least 4 members (excludes halogenated alkanes) is 2. The largest absolute Gasteiger partial charge is 0.481 e. The van der Waals surface area contributed by atoms with Crippen LogP contribution >= 0.6 is 0 Å². The van der Waals surface area contributed by atoms with Crippen LogP contribution in [0.15, 0.2) is 0 Å². The van der Waals surface area contributed by atoms with Gasteiger partial charge >= 0.3 is 5.97 Å². The van der Waals surface area contributed by atoms with E-state index in [1.54, 1.807) is 13.8 Å². The fourth-order valence-electron chi connectivity index (χ4n) is 2.12. The smallest absolute Gasteiger partial charge is 0.307 e. The second-order valence-electron chi connectivity index (χ2n) is 6.52. The zero-order chi connectivity index (χ0) is 17.1. The van der Waals surface area contributed by atoms with E-state index in [0.29, 0.717) is 12.5 Å². The molecule has 0 saturated carbocycles. The highest BCUT2D eigenvalue weighted by molar-refractivity contribution is 5.89. The van der Waals surface area contributed by atoms with Crippen LogP contribution in [0, 0.1) is 11.8 Å². The standard InChI is InChI=1S/C17H31NO4/c1-12(2)16(20)11-14(17(21)22)10-15(19)8-6-5-7-9-18-13(3)4/h12-14,18H,5-11H2,1-4H3,(H,21,22). The summed E-state index contributed by atoms with van der Waals surface area (Å²) in [5.41, 5.74) is 0. The van der Waals surface area contributed by atoms with Crippen molar-refractivity contribution in [2.75, 3.05) is 6.54 Å². The molecule has 0 aromatic rings. The van der Waals surface area contributed by atoms with Gasteiger partial charge in [0.1, 0.15) is 11.6 Å². The molecule has 2 N–H and O–H groups in total. The van der Waals surface area contributed by atoms with Gasteiger partial charge in [0.2, 0.25) is 0 Å². The van der Waals surface area contributed by atoms with Gasteiger partial charge in [0, 0.05) is 31.2 Å². The van der Waals surface area contributed by atoms with Gasteiger partial charge in [0.25, 0.3) is 0 Å². The first-order valence-electron chi connectivity index (χ1n) is 8.24. The molecule has 128 valence electrons. The third-order valence-electron chi connectivity index (χ3n) is 3.60. The molecule has 0 aromatic heterocycles. The maximum absolute atomic E-state index is 11.9. The van der Waals surface area contributed by atoms with E-state index < -0.39 is 11.9 Å². The Labute approximate surface area is 133 Å². The lowest BCUT2D eigenvalue weighted by atomic mass is 9.91. The number of carboxylic acid groups (broad SMARTS) is 1. The van der Waals surface area contributed by atoms with Gasteiger partial charge in [-0.25, -0.2) is 0 Å². The van der Waals surface area contributed by atoms with Gasteiger partial charge in [-0.2, -0.15) is 0 Å². The number of aliphatic carboxylic acids is 1. The van der Waals surface area contributed by atoms with E-state index in [4.69, 9.17) is 5.11 Å². The van der Waals surface area contributed by atoms with E-state index in [2.05, 4.69) is 19.2 Å². The lowest BCUT2D eigenvalue weighted by Gasteiger charge is -2.12. The maximum Gasteiger partial charge on any atom is 0.307 e. The van der Waals surface area contributed by atoms with E-state index >= 15 is 0 Å². The maximum atomic E-state index is 11.9. The number of rotatable bonds is 13. The van der Waals surface area contributed by atoms with Crippen molar-refractivity contribution in [1.29, 1.82) is 0 Å². The molecule has 0 aliphatic rings. The van der Waals surface area contributed by atoms with Crippen molar-refractivity contribution in [3.63, 3.8) is 0 Å². The van der Waals surface area contributed by atoms with Crippen LogP contribution in [0.1, 0.15) is 66.2 Å². The van der Waals surface area contributed by atoms with Crippen molar-refractivity contribution in [3.05, 3.63) is 0 Å². The Hall–Kier alpha value is -1.23. The van der Waals surface area contributed by atoms with Crippen LogP contribution in [0.2, 0.25) is 0 Å². The summed E-state index contributed by atoms with van der Waals surface area (Å²) in [5.74, 6) is -2.26. The Balaban J connectivity index is 3.99. The molecular formula is C17H31NO4. The molecule has 0 saturated heterocycles. The van der Waals surface area contributed by atoms with E-state index in [1.165, 1.54) is 0 Å². The summed E-state index contributed by atoms with van der Waals surface area (Å²) in [6.07, 6.45) is 3.08. The van der Waals surface area contributed by atoms with E-state index in [9.17, 15) is 14.4 Å². The molecule has 0 aliphatic carbocycles. The van der Waals surface area contributed by atoms with Crippen LogP contribution in [-0.4, -0.2) is 35.2 Å². The Morgan fingerprint density at radius 2 is 1.59 bits per heavy atom. The summed E-state index contributed by atoms with van der Waals surface area (Å²) in [5, 5.41) is 12.4. The molecule has 1 atom stereocenters. The Kier molecular flexibility index (Phi) is 10.7. The number of hydrogen-bond donors (Lipinski definition) is 2. The number of carboxylic acids is 1. The van der Waals surface area contributed by atoms with Crippen molar-refractivity contribution < 1.29 is 19.5 Å². The molecule has 0 bridgehead atoms. The molecule has 0 radical (unpaired) electrons. The highest BCUT2D eigenvalue weighted by atomic mass is 16.4. The molecule has 22 heavy (non-hydrogen) atoms. The van der Waals surface area contributed by atoms with Gasteiger partial charge in [-0.15, -0.1) is 0 Å². The lowest BCUT2D eigenvalue weighted by molar-refractivity contribution is -0.146. The van der Waals surface area contributed by atoms with Crippen molar-refractivity contribution in [3.8, 4) is 0 Å². The SMILES string of the molecule is CC(C)NCCCCCC(=O)CC(CC(=O)C(C)C)C(=O)O. The first-order valence-corrected chi connectivity index (χ1v) is 8.24. The summed E-state index contributed by atoms with van der Waals surface area (Å²) in [4.78, 5) is 34.7. The zero-order valence-corrected chi connectivity index (χ0v) is 14.4. The molecule has 5 nitrogen and oxygen atoms in total. The summed E-state index contributed by atoms with van der Waals surface area (Å²) < 4.78 is 0. The lowest BCUT2D eigenvalue weighted by Crippen LogP contribution is -2.24. The zero-order valence-electron chi connectivity index (χ0n) is 14.4. The summed E-state index contributed by atoms with van der Waals surface area (Å²) in [7, 11) is 0. The first kappa shape index (κ1) is 20.8. The predicted octanol–water partition coefficient (Wildman–Crippen LogP) is 2.82. The van der Waals surface area contributed by atoms with Crippen LogP contribution in [0.3, 0.4) is 0 Å². The van der Waals surface area contributed by atoms with Crippen LogP contribution in [0.25, 0.3) is 0 Å². The van der Waals surface area contributed by atoms with Crippen LogP contribution in [-0.2, 0) is 14.4 Å². The van der Waals surface area contributed by atoms with Crippen molar-refractivity contribution in [1.82, 2.24) is 5.32 Å². The molecule has 5 heteroatoms. The average molecular weight is 313 g/mol. The van der Waals surface area contributed by atoms with Crippen molar-refractivity contribution >= 4 is 17.5 Å². The summed E-state index contributed by atoms with van der Waals surface area (Å²) >= 11 is 0. The monoisotopic (exact) mass is 313 g/mol. The van der Waals surface area contributed by atoms with Crippen LogP contribution in [0.5, 0.6) is 0 Å². The predicted molar refractivity (Wildman–Crippen MR) is 86.8 cm³/mol. The highest BCUT2D eigenvalue weighted by Crippen LogP contribution is 2.16. The van der Waals surface area contributed by atoms with Gasteiger partial charge in [0.15, 0.2) is 0 Å². The number of hydrogen-bond acceptors (Lipinski definition) is 4. The van der Waals surface area contributed by atoms with Crippen LogP contribution < -0.4 is 5.32 Å². The molecule has 1 unspecified atom stereocenters. The first-order chi connectivity index (χ1) is 10.2. The van der Waals surface area contributed by atoms with Gasteiger partial charge < -0.3 is 10.4 Å². The average Bonchev–Trinajstić information content (AvgIpc) is 2.41. The topological polar surface area (TPSA) is 83.5 Å². The quantitative estimate of drug-likeness (QED) is 0.511. The number of Topliss-reactive ketones (excluding diaryl/α,β-unsaturated/α-hetero) is 2. The molecular weight excluding hydrogens is 282 g/mol. The van der Waals surface area contributed by atoms with E-state index in [1.807, 2.05) is 0 Å². The molecule has 0 rings (SSSR count). The summed E-state index contributed by atoms with van der Waals surface area (Å²) in [6.45, 7) is 8.61. The number of carbonyl (C=O) groups excluding carboxylic acids is 2. The fourth-order valence-corrected chi connectivity index (χ4v) is 2.12. The molecule has 0 spiro atoms. The van der Waals surface area contributed by atoms with Gasteiger partial charge in [-0.05, 0) is 19.4 Å². The van der Waals surface area contributed by atoms with Crippen molar-refractivity contribution in [2.45, 2.75) is 72.3 Å². The molecule has 0 amide bonds. The van der Waals surface area contributed by atoms with E-state index in [0.717, 1.165) is 25.8 Å². The molecule has 0 aromatic carbocycles. The second kappa shape index (κ2) is 11.4. The minimum atomic E-state index is -1.05. The summed E-state index contributed by atoms with van der Waals surface area (Å²) in [6, 6.07) is 0.469. The third kappa shape index (κ3) is 10.5.